The van der Waals surface area contributed by atoms with E-state index in [0.717, 1.165) is 34.9 Å². The molecule has 4 rings (SSSR count). The molecule has 100 valence electrons. The van der Waals surface area contributed by atoms with Gasteiger partial charge in [-0.05, 0) is 30.2 Å². The van der Waals surface area contributed by atoms with Gasteiger partial charge in [0.05, 0.1) is 0 Å². The van der Waals surface area contributed by atoms with E-state index in [4.69, 9.17) is 5.73 Å². The second-order valence-corrected chi connectivity index (χ2v) is 5.59. The van der Waals surface area contributed by atoms with Crippen LogP contribution in [-0.4, -0.2) is 21.5 Å². The summed E-state index contributed by atoms with van der Waals surface area (Å²) in [5.74, 6) is 0.518. The summed E-state index contributed by atoms with van der Waals surface area (Å²) in [4.78, 5) is 15.6. The van der Waals surface area contributed by atoms with Crippen LogP contribution >= 0.6 is 11.3 Å². The van der Waals surface area contributed by atoms with Gasteiger partial charge >= 0.3 is 0 Å². The van der Waals surface area contributed by atoms with Gasteiger partial charge < -0.3 is 10.6 Å². The number of anilines is 3. The quantitative estimate of drug-likeness (QED) is 0.744. The van der Waals surface area contributed by atoms with Crippen molar-refractivity contribution in [2.75, 3.05) is 17.2 Å². The van der Waals surface area contributed by atoms with Gasteiger partial charge in [0, 0.05) is 12.2 Å². The highest BCUT2D eigenvalue weighted by Crippen LogP contribution is 2.37. The Bertz CT molecular complexity index is 816. The summed E-state index contributed by atoms with van der Waals surface area (Å²) in [6.45, 7) is 0.752. The number of rotatable bonds is 1. The molecule has 0 spiro atoms. The molecule has 0 aliphatic carbocycles. The number of benzene rings is 1. The van der Waals surface area contributed by atoms with Crippen LogP contribution < -0.4 is 10.6 Å². The van der Waals surface area contributed by atoms with E-state index in [-0.39, 0.29) is 5.82 Å². The van der Waals surface area contributed by atoms with Crippen LogP contribution in [0.25, 0.3) is 10.3 Å². The third-order valence-electron chi connectivity index (χ3n) is 3.39. The number of thiazole rings is 1. The Labute approximate surface area is 117 Å². The summed E-state index contributed by atoms with van der Waals surface area (Å²) in [5.41, 5.74) is 8.40. The molecule has 0 unspecified atom stereocenters. The number of nitrogens with zero attached hydrogens (tertiary/aromatic N) is 4. The number of halogens is 1. The molecule has 1 aliphatic heterocycles. The minimum absolute atomic E-state index is 0.212. The standard InChI is InChI=1S/C13H10FN5S/c14-8-1-2-9-7(5-8)3-4-19(9)11-10-12(17-6-16-11)20-13(15)18-10/h1-2,5-6H,3-4H2,(H2,15,18). The number of nitrogen functional groups attached to an aromatic ring is 1. The van der Waals surface area contributed by atoms with E-state index in [0.29, 0.717) is 10.6 Å². The van der Waals surface area contributed by atoms with Crippen molar-refractivity contribution in [3.05, 3.63) is 35.9 Å². The molecule has 0 radical (unpaired) electrons. The maximum Gasteiger partial charge on any atom is 0.182 e. The molecule has 0 saturated heterocycles. The van der Waals surface area contributed by atoms with E-state index in [2.05, 4.69) is 15.0 Å². The zero-order valence-electron chi connectivity index (χ0n) is 10.4. The molecular formula is C13H10FN5S. The van der Waals surface area contributed by atoms with Crippen molar-refractivity contribution in [3.8, 4) is 0 Å². The van der Waals surface area contributed by atoms with Crippen molar-refractivity contribution in [2.45, 2.75) is 6.42 Å². The van der Waals surface area contributed by atoms with Gasteiger partial charge in [0.15, 0.2) is 15.8 Å². The van der Waals surface area contributed by atoms with Gasteiger partial charge in [-0.25, -0.2) is 19.3 Å². The molecular weight excluding hydrogens is 277 g/mol. The van der Waals surface area contributed by atoms with Crippen molar-refractivity contribution < 1.29 is 4.39 Å². The predicted molar refractivity (Wildman–Crippen MR) is 76.7 cm³/mol. The molecule has 0 saturated carbocycles. The van der Waals surface area contributed by atoms with Gasteiger partial charge in [0.1, 0.15) is 17.7 Å². The van der Waals surface area contributed by atoms with Gasteiger partial charge in [-0.15, -0.1) is 0 Å². The summed E-state index contributed by atoms with van der Waals surface area (Å²) >= 11 is 1.34. The fourth-order valence-electron chi connectivity index (χ4n) is 2.55. The first-order valence-corrected chi connectivity index (χ1v) is 6.97. The molecule has 2 N–H and O–H groups in total. The Morgan fingerprint density at radius 2 is 2.20 bits per heavy atom. The van der Waals surface area contributed by atoms with E-state index in [9.17, 15) is 4.39 Å². The minimum atomic E-state index is -0.212. The van der Waals surface area contributed by atoms with Crippen LogP contribution in [0, 0.1) is 5.82 Å². The van der Waals surface area contributed by atoms with E-state index in [1.165, 1.54) is 23.7 Å². The monoisotopic (exact) mass is 287 g/mol. The lowest BCUT2D eigenvalue weighted by atomic mass is 10.2. The molecule has 20 heavy (non-hydrogen) atoms. The van der Waals surface area contributed by atoms with Gasteiger partial charge in [-0.2, -0.15) is 0 Å². The zero-order chi connectivity index (χ0) is 13.7. The molecule has 7 heteroatoms. The van der Waals surface area contributed by atoms with Gasteiger partial charge in [0.2, 0.25) is 0 Å². The van der Waals surface area contributed by atoms with E-state index in [1.54, 1.807) is 12.1 Å². The smallest absolute Gasteiger partial charge is 0.182 e. The third-order valence-corrected chi connectivity index (χ3v) is 4.18. The number of fused-ring (bicyclic) bond motifs is 2. The van der Waals surface area contributed by atoms with Crippen LogP contribution in [0.4, 0.5) is 21.0 Å². The molecule has 2 aromatic heterocycles. The minimum Gasteiger partial charge on any atom is -0.375 e. The Balaban J connectivity index is 1.90. The molecule has 0 fully saturated rings. The number of hydrogen-bond donors (Lipinski definition) is 1. The summed E-state index contributed by atoms with van der Waals surface area (Å²) in [6.07, 6.45) is 2.30. The van der Waals surface area contributed by atoms with Crippen LogP contribution in [0.1, 0.15) is 5.56 Å². The Morgan fingerprint density at radius 3 is 3.10 bits per heavy atom. The Hall–Kier alpha value is -2.28. The number of hydrogen-bond acceptors (Lipinski definition) is 6. The highest BCUT2D eigenvalue weighted by atomic mass is 32.1. The van der Waals surface area contributed by atoms with Crippen molar-refractivity contribution in [3.63, 3.8) is 0 Å². The lowest BCUT2D eigenvalue weighted by molar-refractivity contribution is 0.626. The normalized spacial score (nSPS) is 13.9. The van der Waals surface area contributed by atoms with Gasteiger partial charge in [-0.1, -0.05) is 11.3 Å². The molecule has 3 aromatic rings. The largest absolute Gasteiger partial charge is 0.375 e. The van der Waals surface area contributed by atoms with E-state index < -0.39 is 0 Å². The Kier molecular flexibility index (Phi) is 2.37. The average molecular weight is 287 g/mol. The Morgan fingerprint density at radius 1 is 1.30 bits per heavy atom. The van der Waals surface area contributed by atoms with Crippen molar-refractivity contribution in [1.82, 2.24) is 15.0 Å². The van der Waals surface area contributed by atoms with Crippen LogP contribution in [0.3, 0.4) is 0 Å². The van der Waals surface area contributed by atoms with Crippen LogP contribution in [-0.2, 0) is 6.42 Å². The summed E-state index contributed by atoms with van der Waals surface area (Å²) in [5, 5.41) is 0.472. The lowest BCUT2D eigenvalue weighted by Crippen LogP contribution is -2.15. The fourth-order valence-corrected chi connectivity index (χ4v) is 3.21. The first-order valence-electron chi connectivity index (χ1n) is 6.15. The van der Waals surface area contributed by atoms with Crippen LogP contribution in [0.15, 0.2) is 24.5 Å². The summed E-state index contributed by atoms with van der Waals surface area (Å²) < 4.78 is 13.3. The lowest BCUT2D eigenvalue weighted by Gasteiger charge is -2.18. The number of aromatic nitrogens is 3. The summed E-state index contributed by atoms with van der Waals surface area (Å²) in [7, 11) is 0. The maximum absolute atomic E-state index is 13.3. The molecule has 0 atom stereocenters. The van der Waals surface area contributed by atoms with E-state index in [1.807, 2.05) is 4.90 Å². The first-order chi connectivity index (χ1) is 9.72. The van der Waals surface area contributed by atoms with Crippen molar-refractivity contribution in [1.29, 1.82) is 0 Å². The second kappa shape index (κ2) is 4.11. The molecule has 1 aromatic carbocycles. The van der Waals surface area contributed by atoms with Crippen molar-refractivity contribution in [2.24, 2.45) is 0 Å². The van der Waals surface area contributed by atoms with Crippen molar-refractivity contribution >= 4 is 38.3 Å². The van der Waals surface area contributed by atoms with Gasteiger partial charge in [0.25, 0.3) is 0 Å². The first kappa shape index (κ1) is 11.5. The molecule has 3 heterocycles. The van der Waals surface area contributed by atoms with Crippen LogP contribution in [0.5, 0.6) is 0 Å². The summed E-state index contributed by atoms with van der Waals surface area (Å²) in [6, 6.07) is 4.81. The molecule has 5 nitrogen and oxygen atoms in total. The molecule has 1 aliphatic rings. The second-order valence-electron chi connectivity index (χ2n) is 4.58. The zero-order valence-corrected chi connectivity index (χ0v) is 11.2. The topological polar surface area (TPSA) is 67.9 Å². The average Bonchev–Trinajstić information content (AvgIpc) is 2.99. The predicted octanol–water partition coefficient (Wildman–Crippen LogP) is 2.50. The SMILES string of the molecule is Nc1nc2c(N3CCc4cc(F)ccc43)ncnc2s1. The maximum atomic E-state index is 13.3. The fraction of sp³-hybridized carbons (Fsp3) is 0.154. The molecule has 0 amide bonds. The number of nitrogens with two attached hydrogens (primary N) is 1. The molecule has 0 bridgehead atoms. The third kappa shape index (κ3) is 1.63. The highest BCUT2D eigenvalue weighted by molar-refractivity contribution is 7.21. The highest BCUT2D eigenvalue weighted by Gasteiger charge is 2.24. The van der Waals surface area contributed by atoms with Crippen LogP contribution in [0.2, 0.25) is 0 Å². The van der Waals surface area contributed by atoms with E-state index >= 15 is 0 Å². The van der Waals surface area contributed by atoms with Gasteiger partial charge in [-0.3, -0.25) is 0 Å².